The van der Waals surface area contributed by atoms with E-state index in [9.17, 15) is 8.60 Å². The molecule has 0 aromatic heterocycles. The Hall–Kier alpha value is -1.48. The fourth-order valence-electron chi connectivity index (χ4n) is 1.22. The van der Waals surface area contributed by atoms with Crippen molar-refractivity contribution in [3.8, 4) is 0 Å². The monoisotopic (exact) mass is 236 g/mol. The van der Waals surface area contributed by atoms with E-state index >= 15 is 0 Å². The van der Waals surface area contributed by atoms with E-state index in [1.54, 1.807) is 0 Å². The van der Waals surface area contributed by atoms with Gasteiger partial charge in [0.15, 0.2) is 0 Å². The van der Waals surface area contributed by atoms with Crippen molar-refractivity contribution in [2.75, 3.05) is 7.18 Å². The van der Waals surface area contributed by atoms with Gasteiger partial charge in [-0.05, 0) is 24.3 Å². The third-order valence-corrected chi connectivity index (χ3v) is 3.32. The lowest BCUT2D eigenvalue weighted by atomic mass is 10.4. The van der Waals surface area contributed by atoms with Gasteiger partial charge in [-0.15, -0.1) is 0 Å². The van der Waals surface area contributed by atoms with Gasteiger partial charge in [0, 0.05) is 9.79 Å². The fraction of sp³-hybridized carbons (Fsp3) is 0.0769. The van der Waals surface area contributed by atoms with E-state index in [-0.39, 0.29) is 0 Å². The van der Waals surface area contributed by atoms with Crippen LogP contribution < -0.4 is 0 Å². The molecule has 84 valence electrons. The summed E-state index contributed by atoms with van der Waals surface area (Å²) in [6, 6.07) is 19.0. The second-order valence-electron chi connectivity index (χ2n) is 2.89. The highest BCUT2D eigenvalue weighted by Crippen LogP contribution is 2.14. The Labute approximate surface area is 97.4 Å². The van der Waals surface area contributed by atoms with E-state index in [0.717, 1.165) is 9.79 Å². The van der Waals surface area contributed by atoms with Gasteiger partial charge in [0.05, 0.1) is 18.0 Å². The molecule has 0 aliphatic carbocycles. The van der Waals surface area contributed by atoms with Crippen LogP contribution in [0.3, 0.4) is 0 Å². The highest BCUT2D eigenvalue weighted by molar-refractivity contribution is 7.85. The number of alkyl halides is 1. The summed E-state index contributed by atoms with van der Waals surface area (Å²) in [6.07, 6.45) is 0. The largest absolute Gasteiger partial charge is 0.255 e. The predicted octanol–water partition coefficient (Wildman–Crippen LogP) is 3.44. The lowest BCUT2D eigenvalue weighted by Gasteiger charge is -2.00. The van der Waals surface area contributed by atoms with Crippen molar-refractivity contribution < 1.29 is 8.60 Å². The third-order valence-electron chi connectivity index (χ3n) is 1.91. The first-order chi connectivity index (χ1) is 7.88. The molecule has 0 amide bonds. The summed E-state index contributed by atoms with van der Waals surface area (Å²) in [6.45, 7) is 0. The first kappa shape index (κ1) is 12.6. The number of benzene rings is 2. The second-order valence-corrected chi connectivity index (χ2v) is 4.38. The predicted molar refractivity (Wildman–Crippen MR) is 64.6 cm³/mol. The summed E-state index contributed by atoms with van der Waals surface area (Å²) >= 11 is 0. The van der Waals surface area contributed by atoms with Crippen LogP contribution in [0.5, 0.6) is 0 Å². The van der Waals surface area contributed by atoms with Crippen molar-refractivity contribution in [1.29, 1.82) is 0 Å². The number of rotatable bonds is 2. The molecular weight excluding hydrogens is 223 g/mol. The maximum atomic E-state index is 12.0. The van der Waals surface area contributed by atoms with Crippen molar-refractivity contribution in [2.45, 2.75) is 9.79 Å². The molecule has 0 aliphatic heterocycles. The average molecular weight is 236 g/mol. The van der Waals surface area contributed by atoms with Gasteiger partial charge in [0.25, 0.3) is 0 Å². The summed E-state index contributed by atoms with van der Waals surface area (Å²) < 4.78 is 21.5. The van der Waals surface area contributed by atoms with Gasteiger partial charge in [-0.3, -0.25) is 4.39 Å². The smallest absolute Gasteiger partial charge is 0.0849 e. The number of halogens is 1. The molecule has 0 aliphatic rings. The minimum absolute atomic E-state index is 0.500. The van der Waals surface area contributed by atoms with Crippen molar-refractivity contribution >= 4 is 10.8 Å². The molecule has 0 N–H and O–H groups in total. The van der Waals surface area contributed by atoms with E-state index in [1.807, 2.05) is 60.7 Å². The summed E-state index contributed by atoms with van der Waals surface area (Å²) in [4.78, 5) is 1.69. The van der Waals surface area contributed by atoms with Crippen LogP contribution in [0.25, 0.3) is 0 Å². The lowest BCUT2D eigenvalue weighted by molar-refractivity contribution is 0.636. The van der Waals surface area contributed by atoms with E-state index < -0.39 is 10.8 Å². The first-order valence-corrected chi connectivity index (χ1v) is 5.92. The third kappa shape index (κ3) is 3.28. The summed E-state index contributed by atoms with van der Waals surface area (Å²) in [5.41, 5.74) is 0. The molecule has 1 nitrogen and oxygen atoms in total. The molecule has 0 unspecified atom stereocenters. The standard InChI is InChI=1S/C12H10OS.CH3F/c13-14(11-7-3-1-4-8-11)12-9-5-2-6-10-12;1-2/h1-10H;1H3. The first-order valence-electron chi connectivity index (χ1n) is 4.77. The van der Waals surface area contributed by atoms with Gasteiger partial charge < -0.3 is 0 Å². The molecule has 0 atom stereocenters. The van der Waals surface area contributed by atoms with Gasteiger partial charge >= 0.3 is 0 Å². The van der Waals surface area contributed by atoms with E-state index in [0.29, 0.717) is 7.18 Å². The summed E-state index contributed by atoms with van der Waals surface area (Å²) in [5, 5.41) is 0. The molecule has 3 heteroatoms. The zero-order valence-corrected chi connectivity index (χ0v) is 9.78. The maximum absolute atomic E-state index is 12.0. The van der Waals surface area contributed by atoms with Crippen molar-refractivity contribution in [1.82, 2.24) is 0 Å². The molecule has 0 radical (unpaired) electrons. The molecule has 0 saturated carbocycles. The Bertz CT molecular complexity index is 387. The van der Waals surface area contributed by atoms with Crippen molar-refractivity contribution in [2.24, 2.45) is 0 Å². The molecule has 16 heavy (non-hydrogen) atoms. The molecule has 0 heterocycles. The quantitative estimate of drug-likeness (QED) is 0.780. The topological polar surface area (TPSA) is 17.1 Å². The zero-order chi connectivity index (χ0) is 11.8. The highest BCUT2D eigenvalue weighted by atomic mass is 32.2. The molecule has 0 fully saturated rings. The lowest BCUT2D eigenvalue weighted by Crippen LogP contribution is -1.91. The molecule has 0 bridgehead atoms. The highest BCUT2D eigenvalue weighted by Gasteiger charge is 2.04. The fourth-order valence-corrected chi connectivity index (χ4v) is 2.31. The van der Waals surface area contributed by atoms with Crippen LogP contribution in [0, 0.1) is 0 Å². The van der Waals surface area contributed by atoms with E-state index in [2.05, 4.69) is 0 Å². The van der Waals surface area contributed by atoms with Gasteiger partial charge in [0.2, 0.25) is 0 Å². The second kappa shape index (κ2) is 6.90. The maximum Gasteiger partial charge on any atom is 0.0849 e. The van der Waals surface area contributed by atoms with Gasteiger partial charge in [-0.1, -0.05) is 36.4 Å². The van der Waals surface area contributed by atoms with Crippen LogP contribution in [0.15, 0.2) is 70.5 Å². The minimum atomic E-state index is -1.05. The molecule has 0 spiro atoms. The number of hydrogen-bond donors (Lipinski definition) is 0. The van der Waals surface area contributed by atoms with Crippen molar-refractivity contribution in [3.63, 3.8) is 0 Å². The summed E-state index contributed by atoms with van der Waals surface area (Å²) in [7, 11) is -0.547. The normalized spacial score (nSPS) is 9.44. The van der Waals surface area contributed by atoms with Gasteiger partial charge in [-0.25, -0.2) is 4.21 Å². The van der Waals surface area contributed by atoms with Gasteiger partial charge in [-0.2, -0.15) is 0 Å². The Morgan fingerprint density at radius 3 is 1.38 bits per heavy atom. The van der Waals surface area contributed by atoms with Gasteiger partial charge in [0.1, 0.15) is 0 Å². The van der Waals surface area contributed by atoms with E-state index in [4.69, 9.17) is 0 Å². The van der Waals surface area contributed by atoms with Crippen LogP contribution in [0.1, 0.15) is 0 Å². The molecule has 0 saturated heterocycles. The van der Waals surface area contributed by atoms with Crippen LogP contribution in [0.4, 0.5) is 4.39 Å². The Morgan fingerprint density at radius 2 is 1.06 bits per heavy atom. The van der Waals surface area contributed by atoms with Crippen LogP contribution in [-0.2, 0) is 10.8 Å². The van der Waals surface area contributed by atoms with Crippen LogP contribution >= 0.6 is 0 Å². The minimum Gasteiger partial charge on any atom is -0.255 e. The van der Waals surface area contributed by atoms with Crippen molar-refractivity contribution in [3.05, 3.63) is 60.7 Å². The molecule has 2 rings (SSSR count). The van der Waals surface area contributed by atoms with Crippen LogP contribution in [0.2, 0.25) is 0 Å². The molecule has 2 aromatic carbocycles. The average Bonchev–Trinajstić information content (AvgIpc) is 2.42. The molecule has 2 aromatic rings. The Morgan fingerprint density at radius 1 is 0.750 bits per heavy atom. The SMILES string of the molecule is CF.O=S(c1ccccc1)c1ccccc1. The molecular formula is C13H13FOS. The van der Waals surface area contributed by atoms with E-state index in [1.165, 1.54) is 0 Å². The zero-order valence-electron chi connectivity index (χ0n) is 8.97. The van der Waals surface area contributed by atoms with Crippen LogP contribution in [-0.4, -0.2) is 11.4 Å². The summed E-state index contributed by atoms with van der Waals surface area (Å²) in [5.74, 6) is 0. The number of hydrogen-bond acceptors (Lipinski definition) is 1. The Balaban J connectivity index is 0.000000606. The Kier molecular flexibility index (Phi) is 5.43.